The van der Waals surface area contributed by atoms with Gasteiger partial charge in [-0.15, -0.1) is 0 Å². The Morgan fingerprint density at radius 1 is 1.39 bits per heavy atom. The molecule has 3 nitrogen and oxygen atoms in total. The molecule has 0 atom stereocenters. The van der Waals surface area contributed by atoms with Crippen LogP contribution in [0.2, 0.25) is 5.02 Å². The lowest BCUT2D eigenvalue weighted by Crippen LogP contribution is -2.07. The highest BCUT2D eigenvalue weighted by molar-refractivity contribution is 6.32. The molecule has 0 radical (unpaired) electrons. The van der Waals surface area contributed by atoms with E-state index >= 15 is 0 Å². The Bertz CT molecular complexity index is 551. The standard InChI is InChI=1S/C11H8ClF3N2O/c12-7-2-1-3-8(13)10(7)17-9(11(14)15)6(5-18)4-16-17/h1-4,11,18H,5H2. The van der Waals surface area contributed by atoms with E-state index in [2.05, 4.69) is 5.10 Å². The molecule has 96 valence electrons. The van der Waals surface area contributed by atoms with Crippen LogP contribution >= 0.6 is 11.6 Å². The van der Waals surface area contributed by atoms with Crippen LogP contribution < -0.4 is 0 Å². The molecule has 1 aromatic heterocycles. The average molecular weight is 277 g/mol. The summed E-state index contributed by atoms with van der Waals surface area (Å²) in [6, 6.07) is 3.83. The van der Waals surface area contributed by atoms with E-state index in [0.29, 0.717) is 4.68 Å². The van der Waals surface area contributed by atoms with Gasteiger partial charge in [-0.25, -0.2) is 17.9 Å². The largest absolute Gasteiger partial charge is 0.392 e. The molecule has 0 aliphatic heterocycles. The number of halogens is 4. The molecule has 1 heterocycles. The van der Waals surface area contributed by atoms with Gasteiger partial charge in [-0.3, -0.25) is 0 Å². The van der Waals surface area contributed by atoms with Crippen molar-refractivity contribution < 1.29 is 18.3 Å². The van der Waals surface area contributed by atoms with Gasteiger partial charge < -0.3 is 5.11 Å². The molecule has 0 bridgehead atoms. The van der Waals surface area contributed by atoms with Crippen LogP contribution in [0.3, 0.4) is 0 Å². The van der Waals surface area contributed by atoms with Crippen molar-refractivity contribution in [3.05, 3.63) is 46.5 Å². The Balaban J connectivity index is 2.68. The van der Waals surface area contributed by atoms with Crippen molar-refractivity contribution in [1.29, 1.82) is 0 Å². The molecular formula is C11H8ClF3N2O. The summed E-state index contributed by atoms with van der Waals surface area (Å²) in [6.45, 7) is -0.605. The topological polar surface area (TPSA) is 38.1 Å². The SMILES string of the molecule is OCc1cnn(-c2c(F)cccc2Cl)c1C(F)F. The van der Waals surface area contributed by atoms with E-state index in [-0.39, 0.29) is 16.3 Å². The molecule has 0 unspecified atom stereocenters. The second-order valence-electron chi connectivity index (χ2n) is 3.50. The average Bonchev–Trinajstić information content (AvgIpc) is 2.72. The number of para-hydroxylation sites is 1. The van der Waals surface area contributed by atoms with Gasteiger partial charge in [0.1, 0.15) is 17.2 Å². The smallest absolute Gasteiger partial charge is 0.280 e. The first-order valence-electron chi connectivity index (χ1n) is 4.96. The summed E-state index contributed by atoms with van der Waals surface area (Å²) in [7, 11) is 0. The summed E-state index contributed by atoms with van der Waals surface area (Å²) in [5, 5.41) is 12.6. The van der Waals surface area contributed by atoms with E-state index in [1.165, 1.54) is 12.1 Å². The van der Waals surface area contributed by atoms with Crippen molar-refractivity contribution in [2.24, 2.45) is 0 Å². The molecule has 18 heavy (non-hydrogen) atoms. The van der Waals surface area contributed by atoms with Gasteiger partial charge in [0.25, 0.3) is 6.43 Å². The third-order valence-electron chi connectivity index (χ3n) is 2.41. The minimum Gasteiger partial charge on any atom is -0.392 e. The number of aliphatic hydroxyl groups excluding tert-OH is 1. The number of benzene rings is 1. The lowest BCUT2D eigenvalue weighted by molar-refractivity contribution is 0.138. The van der Waals surface area contributed by atoms with E-state index < -0.39 is 24.5 Å². The van der Waals surface area contributed by atoms with Crippen molar-refractivity contribution in [3.8, 4) is 5.69 Å². The predicted molar refractivity (Wildman–Crippen MR) is 59.4 cm³/mol. The van der Waals surface area contributed by atoms with E-state index in [1.807, 2.05) is 0 Å². The number of nitrogens with zero attached hydrogens (tertiary/aromatic N) is 2. The Kier molecular flexibility index (Phi) is 3.58. The van der Waals surface area contributed by atoms with Gasteiger partial charge >= 0.3 is 0 Å². The first-order chi connectivity index (χ1) is 8.56. The van der Waals surface area contributed by atoms with Crippen molar-refractivity contribution in [1.82, 2.24) is 9.78 Å². The van der Waals surface area contributed by atoms with E-state index in [4.69, 9.17) is 16.7 Å². The van der Waals surface area contributed by atoms with Crippen LogP contribution in [0.15, 0.2) is 24.4 Å². The van der Waals surface area contributed by atoms with E-state index in [0.717, 1.165) is 12.3 Å². The Labute approximate surface area is 105 Å². The molecule has 2 rings (SSSR count). The second-order valence-corrected chi connectivity index (χ2v) is 3.90. The Morgan fingerprint density at radius 2 is 2.11 bits per heavy atom. The maximum Gasteiger partial charge on any atom is 0.280 e. The number of alkyl halides is 2. The molecule has 7 heteroatoms. The highest BCUT2D eigenvalue weighted by atomic mass is 35.5. The first-order valence-corrected chi connectivity index (χ1v) is 5.34. The number of hydrogen-bond donors (Lipinski definition) is 1. The van der Waals surface area contributed by atoms with Gasteiger partial charge in [-0.1, -0.05) is 17.7 Å². The van der Waals surface area contributed by atoms with Gasteiger partial charge in [0, 0.05) is 5.56 Å². The van der Waals surface area contributed by atoms with Crippen LogP contribution in [-0.2, 0) is 6.61 Å². The highest BCUT2D eigenvalue weighted by Gasteiger charge is 2.23. The molecule has 0 amide bonds. The van der Waals surface area contributed by atoms with Gasteiger partial charge in [-0.2, -0.15) is 5.10 Å². The summed E-state index contributed by atoms with van der Waals surface area (Å²) >= 11 is 5.78. The zero-order chi connectivity index (χ0) is 13.3. The highest BCUT2D eigenvalue weighted by Crippen LogP contribution is 2.30. The number of rotatable bonds is 3. The van der Waals surface area contributed by atoms with Crippen LogP contribution in [-0.4, -0.2) is 14.9 Å². The van der Waals surface area contributed by atoms with Gasteiger partial charge in [0.05, 0.1) is 17.8 Å². The summed E-state index contributed by atoms with van der Waals surface area (Å²) in [6.07, 6.45) is -1.84. The molecule has 0 saturated carbocycles. The third kappa shape index (κ3) is 2.09. The number of aliphatic hydroxyl groups is 1. The van der Waals surface area contributed by atoms with Gasteiger partial charge in [0.2, 0.25) is 0 Å². The summed E-state index contributed by atoms with van der Waals surface area (Å²) in [4.78, 5) is 0. The molecular weight excluding hydrogens is 269 g/mol. The molecule has 0 fully saturated rings. The number of hydrogen-bond acceptors (Lipinski definition) is 2. The molecule has 0 aliphatic rings. The molecule has 1 aromatic carbocycles. The monoisotopic (exact) mass is 276 g/mol. The van der Waals surface area contributed by atoms with Crippen LogP contribution in [0.25, 0.3) is 5.69 Å². The maximum atomic E-state index is 13.6. The van der Waals surface area contributed by atoms with Gasteiger partial charge in [-0.05, 0) is 12.1 Å². The van der Waals surface area contributed by atoms with Crippen LogP contribution in [0.4, 0.5) is 13.2 Å². The van der Waals surface area contributed by atoms with E-state index in [9.17, 15) is 13.2 Å². The zero-order valence-electron chi connectivity index (χ0n) is 8.95. The van der Waals surface area contributed by atoms with Crippen molar-refractivity contribution in [2.45, 2.75) is 13.0 Å². The molecule has 0 aliphatic carbocycles. The molecule has 1 N–H and O–H groups in total. The molecule has 0 spiro atoms. The fourth-order valence-corrected chi connectivity index (χ4v) is 1.86. The van der Waals surface area contributed by atoms with Crippen LogP contribution in [0, 0.1) is 5.82 Å². The zero-order valence-corrected chi connectivity index (χ0v) is 9.70. The predicted octanol–water partition coefficient (Wildman–Crippen LogP) is 3.09. The van der Waals surface area contributed by atoms with Crippen molar-refractivity contribution in [3.63, 3.8) is 0 Å². The third-order valence-corrected chi connectivity index (χ3v) is 2.72. The van der Waals surface area contributed by atoms with Crippen molar-refractivity contribution >= 4 is 11.6 Å². The first kappa shape index (κ1) is 12.9. The second kappa shape index (κ2) is 4.99. The minimum absolute atomic E-state index is 0.0375. The van der Waals surface area contributed by atoms with Gasteiger partial charge in [0.15, 0.2) is 0 Å². The molecule has 0 saturated heterocycles. The van der Waals surface area contributed by atoms with Crippen LogP contribution in [0.5, 0.6) is 0 Å². The summed E-state index contributed by atoms with van der Waals surface area (Å²) in [5.74, 6) is -0.767. The Hall–Kier alpha value is -1.53. The lowest BCUT2D eigenvalue weighted by atomic mass is 10.2. The lowest BCUT2D eigenvalue weighted by Gasteiger charge is -2.10. The Morgan fingerprint density at radius 3 is 2.67 bits per heavy atom. The normalized spacial score (nSPS) is 11.2. The summed E-state index contributed by atoms with van der Waals surface area (Å²) in [5.41, 5.74) is -0.886. The fraction of sp³-hybridized carbons (Fsp3) is 0.182. The van der Waals surface area contributed by atoms with E-state index in [1.54, 1.807) is 0 Å². The molecule has 2 aromatic rings. The minimum atomic E-state index is -2.90. The maximum absolute atomic E-state index is 13.6. The number of aromatic nitrogens is 2. The van der Waals surface area contributed by atoms with Crippen molar-refractivity contribution in [2.75, 3.05) is 0 Å². The van der Waals surface area contributed by atoms with Crippen LogP contribution in [0.1, 0.15) is 17.7 Å². The quantitative estimate of drug-likeness (QED) is 0.935. The summed E-state index contributed by atoms with van der Waals surface area (Å²) < 4.78 is 40.2. The fourth-order valence-electron chi connectivity index (χ4n) is 1.62.